The number of piperazine rings is 1. The Hall–Kier alpha value is -1.36. The highest BCUT2D eigenvalue weighted by molar-refractivity contribution is 9.10. The lowest BCUT2D eigenvalue weighted by molar-refractivity contribution is -0.146. The number of carbonyl (C=O) groups excluding carboxylic acids is 2. The van der Waals surface area contributed by atoms with E-state index < -0.39 is 6.04 Å². The van der Waals surface area contributed by atoms with E-state index in [1.165, 1.54) is 0 Å². The maximum Gasteiger partial charge on any atom is 0.246 e. The maximum atomic E-state index is 12.6. The predicted molar refractivity (Wildman–Crippen MR) is 85.7 cm³/mol. The van der Waals surface area contributed by atoms with Gasteiger partial charge in [-0.3, -0.25) is 9.59 Å². The summed E-state index contributed by atoms with van der Waals surface area (Å²) in [6.07, 6.45) is 0.675. The Labute approximate surface area is 134 Å². The van der Waals surface area contributed by atoms with Crippen LogP contribution < -0.4 is 5.32 Å². The van der Waals surface area contributed by atoms with Crippen LogP contribution >= 0.6 is 15.9 Å². The standard InChI is InChI=1S/C16H21BrN2O2/c1-10(2)8-14-16(21)19(9-15(20)18-14)11(3)12-4-6-13(17)7-5-12/h4-7,10-11,14H,8-9H2,1-3H3,(H,18,20). The van der Waals surface area contributed by atoms with Crippen molar-refractivity contribution >= 4 is 27.7 Å². The summed E-state index contributed by atoms with van der Waals surface area (Å²) in [5.41, 5.74) is 1.03. The molecule has 1 aromatic rings. The second kappa shape index (κ2) is 6.60. The van der Waals surface area contributed by atoms with Gasteiger partial charge in [-0.05, 0) is 37.0 Å². The zero-order valence-corrected chi connectivity index (χ0v) is 14.2. The van der Waals surface area contributed by atoms with Crippen LogP contribution in [0.2, 0.25) is 0 Å². The Morgan fingerprint density at radius 2 is 1.86 bits per heavy atom. The Balaban J connectivity index is 2.18. The molecule has 1 aliphatic rings. The molecule has 0 spiro atoms. The molecule has 2 amide bonds. The molecule has 1 aromatic carbocycles. The molecule has 114 valence electrons. The van der Waals surface area contributed by atoms with Crippen LogP contribution in [0.25, 0.3) is 0 Å². The molecule has 0 aliphatic carbocycles. The van der Waals surface area contributed by atoms with E-state index in [0.717, 1.165) is 10.0 Å². The van der Waals surface area contributed by atoms with Gasteiger partial charge in [0.05, 0.1) is 6.04 Å². The number of rotatable bonds is 4. The number of nitrogens with one attached hydrogen (secondary N) is 1. The van der Waals surface area contributed by atoms with Gasteiger partial charge in [-0.2, -0.15) is 0 Å². The fourth-order valence-corrected chi connectivity index (χ4v) is 2.88. The molecule has 1 aliphatic heterocycles. The highest BCUT2D eigenvalue weighted by Gasteiger charge is 2.35. The molecule has 0 radical (unpaired) electrons. The van der Waals surface area contributed by atoms with E-state index in [0.29, 0.717) is 12.3 Å². The number of nitrogens with zero attached hydrogens (tertiary/aromatic N) is 1. The van der Waals surface area contributed by atoms with Crippen LogP contribution in [0, 0.1) is 5.92 Å². The highest BCUT2D eigenvalue weighted by Crippen LogP contribution is 2.25. The summed E-state index contributed by atoms with van der Waals surface area (Å²) < 4.78 is 0.999. The number of hydrogen-bond acceptors (Lipinski definition) is 2. The summed E-state index contributed by atoms with van der Waals surface area (Å²) in [6, 6.07) is 7.35. The van der Waals surface area contributed by atoms with E-state index in [2.05, 4.69) is 35.1 Å². The Morgan fingerprint density at radius 1 is 1.24 bits per heavy atom. The lowest BCUT2D eigenvalue weighted by Crippen LogP contribution is -2.58. The summed E-state index contributed by atoms with van der Waals surface area (Å²) in [4.78, 5) is 26.2. The Bertz CT molecular complexity index is 528. The molecule has 0 aromatic heterocycles. The summed E-state index contributed by atoms with van der Waals surface area (Å²) >= 11 is 3.40. The molecule has 0 bridgehead atoms. The van der Waals surface area contributed by atoms with Crippen LogP contribution in [0.3, 0.4) is 0 Å². The quantitative estimate of drug-likeness (QED) is 0.905. The van der Waals surface area contributed by atoms with Crippen molar-refractivity contribution in [1.82, 2.24) is 10.2 Å². The first-order valence-corrected chi connectivity index (χ1v) is 8.03. The smallest absolute Gasteiger partial charge is 0.246 e. The first kappa shape index (κ1) is 16.0. The Morgan fingerprint density at radius 3 is 2.43 bits per heavy atom. The molecule has 4 nitrogen and oxygen atoms in total. The van der Waals surface area contributed by atoms with Crippen LogP contribution in [0.4, 0.5) is 0 Å². The summed E-state index contributed by atoms with van der Waals surface area (Å²) in [6.45, 7) is 6.20. The number of halogens is 1. The minimum Gasteiger partial charge on any atom is -0.343 e. The van der Waals surface area contributed by atoms with Crippen molar-refractivity contribution in [3.05, 3.63) is 34.3 Å². The average molecular weight is 353 g/mol. The van der Waals surface area contributed by atoms with Crippen molar-refractivity contribution in [3.8, 4) is 0 Å². The summed E-state index contributed by atoms with van der Waals surface area (Å²) in [7, 11) is 0. The molecule has 2 unspecified atom stereocenters. The van der Waals surface area contributed by atoms with E-state index in [4.69, 9.17) is 0 Å². The first-order valence-electron chi connectivity index (χ1n) is 7.23. The van der Waals surface area contributed by atoms with Crippen LogP contribution in [-0.2, 0) is 9.59 Å². The second-order valence-electron chi connectivity index (χ2n) is 5.94. The molecule has 0 saturated carbocycles. The molecular weight excluding hydrogens is 332 g/mol. The fourth-order valence-electron chi connectivity index (χ4n) is 2.61. The normalized spacial score (nSPS) is 20.6. The van der Waals surface area contributed by atoms with Crippen LogP contribution in [0.5, 0.6) is 0 Å². The van der Waals surface area contributed by atoms with Gasteiger partial charge in [0, 0.05) is 4.47 Å². The van der Waals surface area contributed by atoms with Gasteiger partial charge in [-0.25, -0.2) is 0 Å². The first-order chi connectivity index (χ1) is 9.88. The third-order valence-electron chi connectivity index (χ3n) is 3.76. The zero-order valence-electron chi connectivity index (χ0n) is 12.6. The van der Waals surface area contributed by atoms with E-state index in [1.807, 2.05) is 31.2 Å². The topological polar surface area (TPSA) is 49.4 Å². The monoisotopic (exact) mass is 352 g/mol. The lowest BCUT2D eigenvalue weighted by atomic mass is 9.98. The SMILES string of the molecule is CC(C)CC1NC(=O)CN(C(C)c2ccc(Br)cc2)C1=O. The molecular formula is C16H21BrN2O2. The Kier molecular flexibility index (Phi) is 5.04. The number of amides is 2. The third kappa shape index (κ3) is 3.84. The minimum atomic E-state index is -0.399. The van der Waals surface area contributed by atoms with Gasteiger partial charge in [0.15, 0.2) is 0 Å². The molecule has 2 atom stereocenters. The lowest BCUT2D eigenvalue weighted by Gasteiger charge is -2.37. The summed E-state index contributed by atoms with van der Waals surface area (Å²) in [5, 5.41) is 2.81. The molecule has 2 rings (SSSR count). The summed E-state index contributed by atoms with van der Waals surface area (Å²) in [5.74, 6) is 0.296. The molecule has 1 fully saturated rings. The highest BCUT2D eigenvalue weighted by atomic mass is 79.9. The van der Waals surface area contributed by atoms with Crippen LogP contribution in [0.15, 0.2) is 28.7 Å². The van der Waals surface area contributed by atoms with Gasteiger partial charge in [0.25, 0.3) is 0 Å². The van der Waals surface area contributed by atoms with E-state index >= 15 is 0 Å². The van der Waals surface area contributed by atoms with E-state index in [1.54, 1.807) is 4.90 Å². The zero-order chi connectivity index (χ0) is 15.6. The van der Waals surface area contributed by atoms with Crippen molar-refractivity contribution in [2.45, 2.75) is 39.3 Å². The van der Waals surface area contributed by atoms with E-state index in [9.17, 15) is 9.59 Å². The fraction of sp³-hybridized carbons (Fsp3) is 0.500. The second-order valence-corrected chi connectivity index (χ2v) is 6.86. The maximum absolute atomic E-state index is 12.6. The van der Waals surface area contributed by atoms with Gasteiger partial charge in [-0.15, -0.1) is 0 Å². The van der Waals surface area contributed by atoms with Gasteiger partial charge < -0.3 is 10.2 Å². The minimum absolute atomic E-state index is 0.0127. The average Bonchev–Trinajstić information content (AvgIpc) is 2.42. The molecule has 1 heterocycles. The van der Waals surface area contributed by atoms with Gasteiger partial charge in [0.2, 0.25) is 11.8 Å². The molecule has 1 N–H and O–H groups in total. The number of benzene rings is 1. The largest absolute Gasteiger partial charge is 0.343 e. The number of hydrogen-bond donors (Lipinski definition) is 1. The van der Waals surface area contributed by atoms with Crippen molar-refractivity contribution in [2.75, 3.05) is 6.54 Å². The number of carbonyl (C=O) groups is 2. The van der Waals surface area contributed by atoms with Crippen LogP contribution in [-0.4, -0.2) is 29.3 Å². The molecule has 21 heavy (non-hydrogen) atoms. The third-order valence-corrected chi connectivity index (χ3v) is 4.29. The van der Waals surface area contributed by atoms with Gasteiger partial charge >= 0.3 is 0 Å². The molecule has 1 saturated heterocycles. The van der Waals surface area contributed by atoms with Gasteiger partial charge in [0.1, 0.15) is 12.6 Å². The van der Waals surface area contributed by atoms with Crippen molar-refractivity contribution < 1.29 is 9.59 Å². The van der Waals surface area contributed by atoms with Gasteiger partial charge in [-0.1, -0.05) is 41.9 Å². The van der Waals surface area contributed by atoms with Crippen LogP contribution in [0.1, 0.15) is 38.8 Å². The van der Waals surface area contributed by atoms with Crippen molar-refractivity contribution in [1.29, 1.82) is 0 Å². The molecule has 5 heteroatoms. The van der Waals surface area contributed by atoms with Crippen molar-refractivity contribution in [2.24, 2.45) is 5.92 Å². The van der Waals surface area contributed by atoms with E-state index in [-0.39, 0.29) is 24.4 Å². The van der Waals surface area contributed by atoms with Crippen molar-refractivity contribution in [3.63, 3.8) is 0 Å². The predicted octanol–water partition coefficient (Wildman–Crippen LogP) is 2.88.